The van der Waals surface area contributed by atoms with Gasteiger partial charge in [-0.15, -0.1) is 0 Å². The molecule has 0 radical (unpaired) electrons. The van der Waals surface area contributed by atoms with Crippen molar-refractivity contribution in [3.8, 4) is 11.8 Å². The van der Waals surface area contributed by atoms with E-state index in [-0.39, 0.29) is 15.2 Å². The summed E-state index contributed by atoms with van der Waals surface area (Å²) in [5, 5.41) is 19.7. The van der Waals surface area contributed by atoms with Crippen molar-refractivity contribution in [1.82, 2.24) is 9.13 Å². The van der Waals surface area contributed by atoms with E-state index in [1.165, 1.54) is 6.07 Å². The molecular formula is C13H6F4N4O4. The third kappa shape index (κ3) is 2.99. The first-order valence-corrected chi connectivity index (χ1v) is 6.27. The normalized spacial score (nSPS) is 11.2. The van der Waals surface area contributed by atoms with Crippen LogP contribution < -0.4 is 11.2 Å². The van der Waals surface area contributed by atoms with E-state index < -0.39 is 50.8 Å². The van der Waals surface area contributed by atoms with Crippen molar-refractivity contribution in [2.75, 3.05) is 0 Å². The first-order chi connectivity index (χ1) is 11.5. The molecule has 0 atom stereocenters. The maximum absolute atomic E-state index is 14.1. The van der Waals surface area contributed by atoms with Gasteiger partial charge in [0.1, 0.15) is 23.1 Å². The highest BCUT2D eigenvalue weighted by Crippen LogP contribution is 2.27. The van der Waals surface area contributed by atoms with Crippen LogP contribution in [0, 0.1) is 27.3 Å². The zero-order chi connectivity index (χ0) is 19.1. The van der Waals surface area contributed by atoms with Gasteiger partial charge in [0.2, 0.25) is 0 Å². The van der Waals surface area contributed by atoms with Gasteiger partial charge in [-0.25, -0.2) is 13.8 Å². The Morgan fingerprint density at radius 3 is 2.32 bits per heavy atom. The topological polar surface area (TPSA) is 111 Å². The van der Waals surface area contributed by atoms with Crippen LogP contribution in [0.3, 0.4) is 0 Å². The van der Waals surface area contributed by atoms with Crippen molar-refractivity contribution in [2.24, 2.45) is 7.05 Å². The van der Waals surface area contributed by atoms with Gasteiger partial charge in [-0.2, -0.15) is 18.4 Å². The summed E-state index contributed by atoms with van der Waals surface area (Å²) in [7, 11) is 0.705. The highest BCUT2D eigenvalue weighted by molar-refractivity contribution is 5.55. The largest absolute Gasteiger partial charge is 0.431 e. The van der Waals surface area contributed by atoms with E-state index in [0.717, 1.165) is 0 Å². The van der Waals surface area contributed by atoms with Gasteiger partial charge in [-0.05, 0) is 0 Å². The summed E-state index contributed by atoms with van der Waals surface area (Å²) in [6.07, 6.45) is -5.01. The Kier molecular flexibility index (Phi) is 4.18. The highest BCUT2D eigenvalue weighted by atomic mass is 19.4. The fourth-order valence-electron chi connectivity index (χ4n) is 2.08. The molecule has 25 heavy (non-hydrogen) atoms. The number of hydrogen-bond acceptors (Lipinski definition) is 5. The Hall–Kier alpha value is -3.49. The van der Waals surface area contributed by atoms with Crippen molar-refractivity contribution >= 4 is 5.69 Å². The Morgan fingerprint density at radius 1 is 1.24 bits per heavy atom. The Morgan fingerprint density at radius 2 is 1.84 bits per heavy atom. The number of nitrogens with zero attached hydrogens (tertiary/aromatic N) is 4. The van der Waals surface area contributed by atoms with Crippen LogP contribution in [0.15, 0.2) is 27.8 Å². The van der Waals surface area contributed by atoms with Crippen LogP contribution in [-0.4, -0.2) is 14.1 Å². The zero-order valence-electron chi connectivity index (χ0n) is 12.2. The summed E-state index contributed by atoms with van der Waals surface area (Å²) in [5.41, 5.74) is -7.19. The third-order valence-corrected chi connectivity index (χ3v) is 3.23. The molecule has 0 amide bonds. The molecule has 0 saturated heterocycles. The minimum Gasteiger partial charge on any atom is -0.292 e. The van der Waals surface area contributed by atoms with Gasteiger partial charge < -0.3 is 0 Å². The first-order valence-electron chi connectivity index (χ1n) is 6.27. The van der Waals surface area contributed by atoms with Crippen molar-refractivity contribution in [3.05, 3.63) is 66.2 Å². The van der Waals surface area contributed by atoms with Gasteiger partial charge in [0.05, 0.1) is 10.6 Å². The summed E-state index contributed by atoms with van der Waals surface area (Å²) < 4.78 is 52.5. The number of alkyl halides is 3. The van der Waals surface area contributed by atoms with Crippen molar-refractivity contribution in [3.63, 3.8) is 0 Å². The number of nitriles is 1. The molecule has 1 aromatic carbocycles. The van der Waals surface area contributed by atoms with Crippen LogP contribution >= 0.6 is 0 Å². The number of nitro benzene ring substituents is 1. The molecule has 0 bridgehead atoms. The minimum atomic E-state index is -5.01. The summed E-state index contributed by atoms with van der Waals surface area (Å²) in [6, 6.07) is 2.27. The van der Waals surface area contributed by atoms with E-state index in [9.17, 15) is 37.3 Å². The quantitative estimate of drug-likeness (QED) is 0.459. The molecule has 0 N–H and O–H groups in total. The Labute approximate surface area is 134 Å². The molecule has 0 unspecified atom stereocenters. The van der Waals surface area contributed by atoms with E-state index in [1.807, 2.05) is 0 Å². The fraction of sp³-hybridized carbons (Fsp3) is 0.154. The van der Waals surface area contributed by atoms with Crippen LogP contribution in [0.4, 0.5) is 23.2 Å². The van der Waals surface area contributed by atoms with Crippen LogP contribution in [-0.2, 0) is 13.2 Å². The van der Waals surface area contributed by atoms with Gasteiger partial charge >= 0.3 is 11.9 Å². The lowest BCUT2D eigenvalue weighted by Crippen LogP contribution is -2.41. The molecule has 2 rings (SSSR count). The van der Waals surface area contributed by atoms with E-state index in [1.54, 1.807) is 0 Å². The number of benzene rings is 1. The van der Waals surface area contributed by atoms with Crippen molar-refractivity contribution in [2.45, 2.75) is 6.18 Å². The van der Waals surface area contributed by atoms with Gasteiger partial charge in [0.25, 0.3) is 11.2 Å². The SMILES string of the molecule is Cn1c(C(F)(F)F)cc(=O)n(-c2cc([N+](=O)[O-])c(C#N)cc2F)c1=O. The van der Waals surface area contributed by atoms with Crippen molar-refractivity contribution < 1.29 is 22.5 Å². The Bertz CT molecular complexity index is 1050. The number of hydrogen-bond donors (Lipinski definition) is 0. The van der Waals surface area contributed by atoms with Crippen LogP contribution in [0.2, 0.25) is 0 Å². The molecule has 8 nitrogen and oxygen atoms in total. The predicted octanol–water partition coefficient (Wildman–Crippen LogP) is 1.47. The molecule has 1 aromatic heterocycles. The molecule has 0 saturated carbocycles. The monoisotopic (exact) mass is 358 g/mol. The number of rotatable bonds is 2. The average Bonchev–Trinajstić information content (AvgIpc) is 2.50. The molecule has 2 aromatic rings. The van der Waals surface area contributed by atoms with Crippen LogP contribution in [0.25, 0.3) is 5.69 Å². The lowest BCUT2D eigenvalue weighted by atomic mass is 10.1. The maximum atomic E-state index is 14.1. The number of nitro groups is 1. The molecule has 0 spiro atoms. The minimum absolute atomic E-state index is 0.0126. The lowest BCUT2D eigenvalue weighted by molar-refractivity contribution is -0.385. The molecule has 130 valence electrons. The Balaban J connectivity index is 2.90. The first kappa shape index (κ1) is 17.9. The zero-order valence-corrected chi connectivity index (χ0v) is 12.2. The highest BCUT2D eigenvalue weighted by Gasteiger charge is 2.35. The van der Waals surface area contributed by atoms with E-state index >= 15 is 0 Å². The standard InChI is InChI=1S/C13H6F4N4O4/c1-19-10(13(15,16)17)4-11(22)20(12(19)23)9-3-8(21(24)25)6(5-18)2-7(9)14/h2-4H,1H3. The molecular weight excluding hydrogens is 352 g/mol. The number of aromatic nitrogens is 2. The number of halogens is 4. The second-order valence-corrected chi connectivity index (χ2v) is 4.73. The van der Waals surface area contributed by atoms with E-state index in [4.69, 9.17) is 5.26 Å². The van der Waals surface area contributed by atoms with Gasteiger partial charge in [-0.3, -0.25) is 19.5 Å². The van der Waals surface area contributed by atoms with Gasteiger partial charge in [0, 0.05) is 25.2 Å². The smallest absolute Gasteiger partial charge is 0.292 e. The molecule has 1 heterocycles. The average molecular weight is 358 g/mol. The summed E-state index contributed by atoms with van der Waals surface area (Å²) in [5.74, 6) is -1.36. The maximum Gasteiger partial charge on any atom is 0.431 e. The molecule has 0 aliphatic heterocycles. The third-order valence-electron chi connectivity index (χ3n) is 3.23. The van der Waals surface area contributed by atoms with Crippen LogP contribution in [0.1, 0.15) is 11.3 Å². The van der Waals surface area contributed by atoms with Gasteiger partial charge in [-0.1, -0.05) is 0 Å². The van der Waals surface area contributed by atoms with Crippen LogP contribution in [0.5, 0.6) is 0 Å². The van der Waals surface area contributed by atoms with Gasteiger partial charge in [0.15, 0.2) is 0 Å². The summed E-state index contributed by atoms with van der Waals surface area (Å²) in [4.78, 5) is 33.8. The summed E-state index contributed by atoms with van der Waals surface area (Å²) >= 11 is 0. The molecule has 0 aliphatic carbocycles. The van der Waals surface area contributed by atoms with E-state index in [0.29, 0.717) is 19.2 Å². The van der Waals surface area contributed by atoms with E-state index in [2.05, 4.69) is 0 Å². The molecule has 12 heteroatoms. The molecule has 0 aliphatic rings. The molecule has 0 fully saturated rings. The second-order valence-electron chi connectivity index (χ2n) is 4.73. The summed E-state index contributed by atoms with van der Waals surface area (Å²) in [6.45, 7) is 0. The van der Waals surface area contributed by atoms with Crippen molar-refractivity contribution in [1.29, 1.82) is 5.26 Å². The predicted molar refractivity (Wildman–Crippen MR) is 73.6 cm³/mol. The second kappa shape index (κ2) is 5.86. The lowest BCUT2D eigenvalue weighted by Gasteiger charge is -2.14. The fourth-order valence-corrected chi connectivity index (χ4v) is 2.08.